The highest BCUT2D eigenvalue weighted by molar-refractivity contribution is 9.10. The number of para-hydroxylation sites is 1. The van der Waals surface area contributed by atoms with Gasteiger partial charge in [-0.3, -0.25) is 9.59 Å². The summed E-state index contributed by atoms with van der Waals surface area (Å²) in [5.41, 5.74) is 1.91. The monoisotopic (exact) mass is 459 g/mol. The lowest BCUT2D eigenvalue weighted by molar-refractivity contribution is -0.115. The highest BCUT2D eigenvalue weighted by Gasteiger charge is 2.10. The molecule has 0 fully saturated rings. The maximum absolute atomic E-state index is 12.3. The zero-order chi connectivity index (χ0) is 19.9. The van der Waals surface area contributed by atoms with Crippen molar-refractivity contribution in [2.24, 2.45) is 0 Å². The highest BCUT2D eigenvalue weighted by atomic mass is 79.9. The molecule has 0 bridgehead atoms. The van der Waals surface area contributed by atoms with Crippen molar-refractivity contribution in [3.8, 4) is 5.75 Å². The van der Waals surface area contributed by atoms with E-state index in [4.69, 9.17) is 4.74 Å². The first kappa shape index (κ1) is 20.0. The molecule has 0 spiro atoms. The summed E-state index contributed by atoms with van der Waals surface area (Å²) < 4.78 is 6.47. The number of hydrogen-bond acceptors (Lipinski definition) is 5. The van der Waals surface area contributed by atoms with Gasteiger partial charge in [-0.15, -0.1) is 11.3 Å². The number of amides is 2. The van der Waals surface area contributed by atoms with Crippen molar-refractivity contribution in [2.75, 3.05) is 11.9 Å². The van der Waals surface area contributed by atoms with Crippen LogP contribution in [0.5, 0.6) is 5.75 Å². The minimum Gasteiger partial charge on any atom is -0.487 e. The molecule has 0 atom stereocenters. The van der Waals surface area contributed by atoms with Crippen LogP contribution in [-0.4, -0.2) is 23.3 Å². The van der Waals surface area contributed by atoms with Gasteiger partial charge in [0, 0.05) is 15.4 Å². The maximum atomic E-state index is 12.3. The fourth-order valence-corrected chi connectivity index (χ4v) is 3.36. The molecular formula is C20H18BrN3O3S. The Balaban J connectivity index is 1.52. The van der Waals surface area contributed by atoms with Crippen LogP contribution in [0.2, 0.25) is 0 Å². The average Bonchev–Trinajstić information content (AvgIpc) is 3.12. The smallest absolute Gasteiger partial charge is 0.251 e. The van der Waals surface area contributed by atoms with Crippen LogP contribution in [-0.2, 0) is 11.4 Å². The van der Waals surface area contributed by atoms with E-state index in [9.17, 15) is 9.59 Å². The molecule has 2 N–H and O–H groups in total. The second-order valence-electron chi connectivity index (χ2n) is 5.89. The molecule has 0 aliphatic carbocycles. The van der Waals surface area contributed by atoms with Gasteiger partial charge in [0.1, 0.15) is 12.4 Å². The molecule has 0 aliphatic rings. The summed E-state index contributed by atoms with van der Waals surface area (Å²) in [5.74, 6) is -0.0974. The van der Waals surface area contributed by atoms with Crippen LogP contribution in [0.3, 0.4) is 0 Å². The lowest BCUT2D eigenvalue weighted by atomic mass is 10.2. The molecule has 1 aromatic heterocycles. The van der Waals surface area contributed by atoms with Crippen LogP contribution >= 0.6 is 27.3 Å². The van der Waals surface area contributed by atoms with Gasteiger partial charge in [0.15, 0.2) is 0 Å². The lowest BCUT2D eigenvalue weighted by Crippen LogP contribution is -2.32. The highest BCUT2D eigenvalue weighted by Crippen LogP contribution is 2.21. The van der Waals surface area contributed by atoms with Crippen molar-refractivity contribution in [2.45, 2.75) is 13.5 Å². The summed E-state index contributed by atoms with van der Waals surface area (Å²) in [5, 5.41) is 8.27. The fraction of sp³-hybridized carbons (Fsp3) is 0.150. The Morgan fingerprint density at radius 3 is 2.75 bits per heavy atom. The number of ether oxygens (including phenoxy) is 1. The third-order valence-electron chi connectivity index (χ3n) is 3.71. The van der Waals surface area contributed by atoms with E-state index < -0.39 is 0 Å². The van der Waals surface area contributed by atoms with Crippen LogP contribution < -0.4 is 15.4 Å². The van der Waals surface area contributed by atoms with Gasteiger partial charge in [0.2, 0.25) is 5.91 Å². The second-order valence-corrected chi connectivity index (χ2v) is 7.80. The standard InChI is InChI=1S/C20H18BrN3O3S/c1-13-23-15(12-28-13)11-27-16-6-4-5-14(9-16)20(26)22-10-19(25)24-18-8-3-2-7-17(18)21/h2-9,12H,10-11H2,1H3,(H,22,26)(H,24,25). The summed E-state index contributed by atoms with van der Waals surface area (Å²) >= 11 is 4.92. The number of carbonyl (C=O) groups excluding carboxylic acids is 2. The molecule has 28 heavy (non-hydrogen) atoms. The predicted octanol–water partition coefficient (Wildman–Crippen LogP) is 4.16. The number of thiazole rings is 1. The van der Waals surface area contributed by atoms with E-state index in [0.717, 1.165) is 15.2 Å². The predicted molar refractivity (Wildman–Crippen MR) is 113 cm³/mol. The minimum atomic E-state index is -0.350. The number of halogens is 1. The first-order valence-corrected chi connectivity index (χ1v) is 10.1. The van der Waals surface area contributed by atoms with Crippen molar-refractivity contribution in [3.63, 3.8) is 0 Å². The number of carbonyl (C=O) groups is 2. The zero-order valence-electron chi connectivity index (χ0n) is 15.1. The molecule has 6 nitrogen and oxygen atoms in total. The molecule has 8 heteroatoms. The first-order valence-electron chi connectivity index (χ1n) is 8.48. The molecule has 2 amide bonds. The number of rotatable bonds is 7. The first-order chi connectivity index (χ1) is 13.5. The molecule has 0 unspecified atom stereocenters. The molecule has 0 saturated carbocycles. The van der Waals surface area contributed by atoms with Crippen molar-refractivity contribution < 1.29 is 14.3 Å². The number of hydrogen-bond donors (Lipinski definition) is 2. The van der Waals surface area contributed by atoms with Crippen LogP contribution in [0.4, 0.5) is 5.69 Å². The Bertz CT molecular complexity index is 990. The van der Waals surface area contributed by atoms with E-state index in [0.29, 0.717) is 23.6 Å². The van der Waals surface area contributed by atoms with Crippen molar-refractivity contribution >= 4 is 44.8 Å². The van der Waals surface area contributed by atoms with E-state index in [2.05, 4.69) is 31.5 Å². The summed E-state index contributed by atoms with van der Waals surface area (Å²) in [6.45, 7) is 2.14. The second kappa shape index (κ2) is 9.48. The van der Waals surface area contributed by atoms with Gasteiger partial charge in [0.05, 0.1) is 22.9 Å². The summed E-state index contributed by atoms with van der Waals surface area (Å²) in [6, 6.07) is 14.1. The molecule has 3 aromatic rings. The van der Waals surface area contributed by atoms with E-state index in [-0.39, 0.29) is 18.4 Å². The van der Waals surface area contributed by atoms with Crippen molar-refractivity contribution in [1.29, 1.82) is 0 Å². The quantitative estimate of drug-likeness (QED) is 0.555. The normalized spacial score (nSPS) is 10.4. The summed E-state index contributed by atoms with van der Waals surface area (Å²) in [6.07, 6.45) is 0. The van der Waals surface area contributed by atoms with Crippen LogP contribution in [0.15, 0.2) is 58.4 Å². The number of aromatic nitrogens is 1. The molecular weight excluding hydrogens is 442 g/mol. The minimum absolute atomic E-state index is 0.136. The SMILES string of the molecule is Cc1nc(COc2cccc(C(=O)NCC(=O)Nc3ccccc3Br)c2)cs1. The fourth-order valence-electron chi connectivity index (χ4n) is 2.38. The topological polar surface area (TPSA) is 80.3 Å². The van der Waals surface area contributed by atoms with Crippen molar-refractivity contribution in [3.05, 3.63) is 74.6 Å². The molecule has 0 radical (unpaired) electrons. The molecule has 2 aromatic carbocycles. The molecule has 144 valence electrons. The Morgan fingerprint density at radius 2 is 2.00 bits per heavy atom. The maximum Gasteiger partial charge on any atom is 0.251 e. The summed E-state index contributed by atoms with van der Waals surface area (Å²) in [7, 11) is 0. The van der Waals surface area contributed by atoms with Crippen LogP contribution in [0, 0.1) is 6.92 Å². The van der Waals surface area contributed by atoms with Gasteiger partial charge in [-0.1, -0.05) is 18.2 Å². The largest absolute Gasteiger partial charge is 0.487 e. The molecule has 3 rings (SSSR count). The van der Waals surface area contributed by atoms with Gasteiger partial charge in [-0.05, 0) is 53.2 Å². The molecule has 0 saturated heterocycles. The van der Waals surface area contributed by atoms with Gasteiger partial charge < -0.3 is 15.4 Å². The molecule has 0 aliphatic heterocycles. The van der Waals surface area contributed by atoms with E-state index in [1.807, 2.05) is 30.5 Å². The Labute approximate surface area is 175 Å². The van der Waals surface area contributed by atoms with Gasteiger partial charge in [0.25, 0.3) is 5.91 Å². The van der Waals surface area contributed by atoms with Crippen LogP contribution in [0.25, 0.3) is 0 Å². The Morgan fingerprint density at radius 1 is 1.18 bits per heavy atom. The van der Waals surface area contributed by atoms with Gasteiger partial charge in [-0.2, -0.15) is 0 Å². The number of anilines is 1. The Hall–Kier alpha value is -2.71. The summed E-state index contributed by atoms with van der Waals surface area (Å²) in [4.78, 5) is 28.7. The Kier molecular flexibility index (Phi) is 6.78. The van der Waals surface area contributed by atoms with E-state index in [1.165, 1.54) is 0 Å². The van der Waals surface area contributed by atoms with Crippen LogP contribution in [0.1, 0.15) is 21.1 Å². The third kappa shape index (κ3) is 5.64. The average molecular weight is 460 g/mol. The third-order valence-corrected chi connectivity index (χ3v) is 5.22. The van der Waals surface area contributed by atoms with E-state index in [1.54, 1.807) is 41.7 Å². The number of nitrogens with zero attached hydrogens (tertiary/aromatic N) is 1. The lowest BCUT2D eigenvalue weighted by Gasteiger charge is -2.09. The number of benzene rings is 2. The van der Waals surface area contributed by atoms with E-state index >= 15 is 0 Å². The van der Waals surface area contributed by atoms with Gasteiger partial charge in [-0.25, -0.2) is 4.98 Å². The number of nitrogens with one attached hydrogen (secondary N) is 2. The number of aryl methyl sites for hydroxylation is 1. The van der Waals surface area contributed by atoms with Gasteiger partial charge >= 0.3 is 0 Å². The molecule has 1 heterocycles. The zero-order valence-corrected chi connectivity index (χ0v) is 17.5. The van der Waals surface area contributed by atoms with Crippen molar-refractivity contribution in [1.82, 2.24) is 10.3 Å².